The van der Waals surface area contributed by atoms with Crippen molar-refractivity contribution in [3.63, 3.8) is 0 Å². The Hall–Kier alpha value is -2.79. The number of carbonyl (C=O) groups excluding carboxylic acids is 3. The maximum absolute atomic E-state index is 12.5. The van der Waals surface area contributed by atoms with E-state index in [0.717, 1.165) is 24.3 Å². The van der Waals surface area contributed by atoms with E-state index in [1.54, 1.807) is 19.2 Å². The van der Waals surface area contributed by atoms with Crippen LogP contribution in [-0.2, 0) is 20.6 Å². The zero-order chi connectivity index (χ0) is 23.3. The zero-order valence-electron chi connectivity index (χ0n) is 16.2. The summed E-state index contributed by atoms with van der Waals surface area (Å²) in [5, 5.41) is 6.06. The Morgan fingerprint density at radius 1 is 0.867 bits per heavy atom. The molecule has 0 spiro atoms. The number of carbonyl (C=O) groups is 3. The van der Waals surface area contributed by atoms with Crippen molar-refractivity contribution < 1.29 is 40.7 Å². The summed E-state index contributed by atoms with van der Waals surface area (Å²) >= 11 is 0. The lowest BCUT2D eigenvalue weighted by atomic mass is 10.0. The van der Waals surface area contributed by atoms with Gasteiger partial charge in [-0.25, -0.2) is 0 Å². The van der Waals surface area contributed by atoms with Gasteiger partial charge in [0, 0.05) is 5.69 Å². The van der Waals surface area contributed by atoms with Gasteiger partial charge in [-0.2, -0.15) is 26.3 Å². The molecule has 0 unspecified atom stereocenters. The molecular weight excluding hydrogens is 420 g/mol. The van der Waals surface area contributed by atoms with Gasteiger partial charge >= 0.3 is 18.3 Å². The number of hydrogen-bond donors (Lipinski definition) is 3. The Balaban J connectivity index is 2.77. The van der Waals surface area contributed by atoms with Crippen LogP contribution in [0.25, 0.3) is 0 Å². The molecule has 3 N–H and O–H groups in total. The molecule has 0 aliphatic rings. The number of anilines is 1. The molecule has 3 amide bonds. The summed E-state index contributed by atoms with van der Waals surface area (Å²) in [6.45, 7) is 4.48. The van der Waals surface area contributed by atoms with Crippen LogP contribution in [0.1, 0.15) is 32.8 Å². The van der Waals surface area contributed by atoms with Crippen molar-refractivity contribution >= 4 is 23.4 Å². The molecule has 0 saturated carbocycles. The second kappa shape index (κ2) is 9.81. The van der Waals surface area contributed by atoms with Crippen LogP contribution in [0, 0.1) is 5.92 Å². The van der Waals surface area contributed by atoms with Crippen LogP contribution >= 0.6 is 0 Å². The van der Waals surface area contributed by atoms with E-state index >= 15 is 0 Å². The van der Waals surface area contributed by atoms with Gasteiger partial charge in [0.15, 0.2) is 0 Å². The van der Waals surface area contributed by atoms with E-state index in [2.05, 4.69) is 10.6 Å². The molecule has 0 radical (unpaired) electrons. The van der Waals surface area contributed by atoms with E-state index in [-0.39, 0.29) is 18.0 Å². The van der Waals surface area contributed by atoms with Crippen LogP contribution in [0.15, 0.2) is 24.3 Å². The van der Waals surface area contributed by atoms with E-state index in [1.165, 1.54) is 6.92 Å². The third-order valence-electron chi connectivity index (χ3n) is 3.82. The van der Waals surface area contributed by atoms with Crippen molar-refractivity contribution in [2.24, 2.45) is 5.92 Å². The Bertz CT molecular complexity index is 760. The lowest BCUT2D eigenvalue weighted by Gasteiger charge is -2.23. The monoisotopic (exact) mass is 441 g/mol. The second-order valence-corrected chi connectivity index (χ2v) is 6.95. The number of nitrogens with one attached hydrogen (secondary N) is 3. The predicted octanol–water partition coefficient (Wildman–Crippen LogP) is 3.24. The van der Waals surface area contributed by atoms with Crippen molar-refractivity contribution in [3.8, 4) is 0 Å². The number of hydrogen-bond acceptors (Lipinski definition) is 3. The Morgan fingerprint density at radius 2 is 1.40 bits per heavy atom. The van der Waals surface area contributed by atoms with E-state index in [4.69, 9.17) is 0 Å². The van der Waals surface area contributed by atoms with Gasteiger partial charge in [0.2, 0.25) is 11.8 Å². The SMILES string of the molecule is CC(C)C[C@H](NC(=O)C(F)(F)F)C(=O)N[C@@H](C)C(=O)Nc1ccc(C(F)(F)F)cc1. The topological polar surface area (TPSA) is 87.3 Å². The molecular formula is C18H21F6N3O3. The number of alkyl halides is 6. The lowest BCUT2D eigenvalue weighted by molar-refractivity contribution is -0.174. The molecule has 0 heterocycles. The Morgan fingerprint density at radius 3 is 1.83 bits per heavy atom. The molecule has 0 saturated heterocycles. The summed E-state index contributed by atoms with van der Waals surface area (Å²) in [6.07, 6.45) is -9.84. The van der Waals surface area contributed by atoms with Crippen LogP contribution in [-0.4, -0.2) is 36.0 Å². The fourth-order valence-corrected chi connectivity index (χ4v) is 2.32. The van der Waals surface area contributed by atoms with E-state index < -0.39 is 47.7 Å². The normalized spacial score (nSPS) is 14.1. The first-order valence-electron chi connectivity index (χ1n) is 8.77. The Kier molecular flexibility index (Phi) is 8.25. The molecule has 2 atom stereocenters. The van der Waals surface area contributed by atoms with Gasteiger partial charge in [0.1, 0.15) is 12.1 Å². The molecule has 1 rings (SSSR count). The van der Waals surface area contributed by atoms with Crippen LogP contribution in [0.4, 0.5) is 32.0 Å². The van der Waals surface area contributed by atoms with Crippen molar-refractivity contribution in [2.75, 3.05) is 5.32 Å². The third kappa shape index (κ3) is 7.91. The second-order valence-electron chi connectivity index (χ2n) is 6.95. The van der Waals surface area contributed by atoms with Gasteiger partial charge in [-0.3, -0.25) is 14.4 Å². The van der Waals surface area contributed by atoms with Crippen molar-refractivity contribution in [1.82, 2.24) is 10.6 Å². The first-order valence-corrected chi connectivity index (χ1v) is 8.77. The van der Waals surface area contributed by atoms with Gasteiger partial charge in [-0.05, 0) is 43.5 Å². The highest BCUT2D eigenvalue weighted by atomic mass is 19.4. The zero-order valence-corrected chi connectivity index (χ0v) is 16.2. The molecule has 1 aromatic rings. The van der Waals surface area contributed by atoms with Crippen LogP contribution < -0.4 is 16.0 Å². The molecule has 0 aromatic heterocycles. The van der Waals surface area contributed by atoms with E-state index in [9.17, 15) is 40.7 Å². The van der Waals surface area contributed by atoms with Gasteiger partial charge < -0.3 is 16.0 Å². The van der Waals surface area contributed by atoms with Gasteiger partial charge in [-0.15, -0.1) is 0 Å². The van der Waals surface area contributed by atoms with Crippen LogP contribution in [0.5, 0.6) is 0 Å². The van der Waals surface area contributed by atoms with Crippen LogP contribution in [0.2, 0.25) is 0 Å². The fourth-order valence-electron chi connectivity index (χ4n) is 2.32. The highest BCUT2D eigenvalue weighted by molar-refractivity contribution is 5.98. The van der Waals surface area contributed by atoms with E-state index in [1.807, 2.05) is 0 Å². The van der Waals surface area contributed by atoms with Gasteiger partial charge in [-0.1, -0.05) is 13.8 Å². The van der Waals surface area contributed by atoms with Crippen molar-refractivity contribution in [3.05, 3.63) is 29.8 Å². The van der Waals surface area contributed by atoms with Gasteiger partial charge in [0.25, 0.3) is 0 Å². The summed E-state index contributed by atoms with van der Waals surface area (Å²) in [5.41, 5.74) is -0.892. The molecule has 12 heteroatoms. The minimum absolute atomic E-state index is 0.0261. The standard InChI is InChI=1S/C18H21F6N3O3/c1-9(2)8-13(27-16(30)18(22,23)24)15(29)25-10(3)14(28)26-12-6-4-11(5-7-12)17(19,20)21/h4-7,9-10,13H,8H2,1-3H3,(H,25,29)(H,26,28)(H,27,30)/t10-,13-/m0/s1. The van der Waals surface area contributed by atoms with Crippen molar-refractivity contribution in [2.45, 2.75) is 51.6 Å². The summed E-state index contributed by atoms with van der Waals surface area (Å²) in [6, 6.07) is 0.771. The summed E-state index contributed by atoms with van der Waals surface area (Å²) in [5.74, 6) is -4.35. The van der Waals surface area contributed by atoms with E-state index in [0.29, 0.717) is 0 Å². The molecule has 0 aliphatic carbocycles. The maximum atomic E-state index is 12.5. The molecule has 0 fully saturated rings. The summed E-state index contributed by atoms with van der Waals surface area (Å²) < 4.78 is 75.0. The molecule has 0 bridgehead atoms. The predicted molar refractivity (Wildman–Crippen MR) is 95.1 cm³/mol. The van der Waals surface area contributed by atoms with Crippen LogP contribution in [0.3, 0.4) is 0 Å². The minimum atomic E-state index is -5.18. The first-order chi connectivity index (χ1) is 13.6. The first kappa shape index (κ1) is 25.2. The highest BCUT2D eigenvalue weighted by Gasteiger charge is 2.41. The third-order valence-corrected chi connectivity index (χ3v) is 3.82. The Labute approximate surface area is 168 Å². The minimum Gasteiger partial charge on any atom is -0.343 e. The van der Waals surface area contributed by atoms with Crippen molar-refractivity contribution in [1.29, 1.82) is 0 Å². The maximum Gasteiger partial charge on any atom is 0.471 e. The molecule has 168 valence electrons. The lowest BCUT2D eigenvalue weighted by Crippen LogP contribution is -2.54. The highest BCUT2D eigenvalue weighted by Crippen LogP contribution is 2.29. The summed E-state index contributed by atoms with van der Waals surface area (Å²) in [7, 11) is 0. The average molecular weight is 441 g/mol. The fraction of sp³-hybridized carbons (Fsp3) is 0.500. The number of rotatable bonds is 7. The molecule has 6 nitrogen and oxygen atoms in total. The molecule has 30 heavy (non-hydrogen) atoms. The quantitative estimate of drug-likeness (QED) is 0.568. The molecule has 0 aliphatic heterocycles. The largest absolute Gasteiger partial charge is 0.471 e. The van der Waals surface area contributed by atoms with Gasteiger partial charge in [0.05, 0.1) is 5.56 Å². The summed E-state index contributed by atoms with van der Waals surface area (Å²) in [4.78, 5) is 35.6. The average Bonchev–Trinajstić information content (AvgIpc) is 2.59. The number of halogens is 6. The smallest absolute Gasteiger partial charge is 0.343 e. The number of amides is 3. The molecule has 1 aromatic carbocycles. The number of benzene rings is 1.